The Kier molecular flexibility index (Phi) is 4.90. The molecule has 0 bridgehead atoms. The number of hydrogen-bond acceptors (Lipinski definition) is 4. The number of carbonyl (C=O) groups is 1. The average molecular weight is 373 g/mol. The van der Waals surface area contributed by atoms with Gasteiger partial charge in [-0.25, -0.2) is 13.2 Å². The molecular weight excluding hydrogens is 350 g/mol. The quantitative estimate of drug-likeness (QED) is 0.761. The Balaban J connectivity index is 1.91. The van der Waals surface area contributed by atoms with Gasteiger partial charge in [-0.3, -0.25) is 0 Å². The second-order valence-electron chi connectivity index (χ2n) is 6.90. The van der Waals surface area contributed by atoms with E-state index in [0.717, 1.165) is 22.3 Å². The van der Waals surface area contributed by atoms with Crippen molar-refractivity contribution < 1.29 is 17.9 Å². The van der Waals surface area contributed by atoms with Gasteiger partial charge in [-0.15, -0.1) is 0 Å². The lowest BCUT2D eigenvalue weighted by Crippen LogP contribution is -2.29. The molecule has 0 aromatic heterocycles. The molecule has 1 aromatic rings. The highest BCUT2D eigenvalue weighted by molar-refractivity contribution is 7.89. The number of hydrogen-bond donors (Lipinski definition) is 0. The number of ether oxygens (including phenoxy) is 1. The standard InChI is InChI=1S/C20H23NO4S/c1-13(2)18-9-15-11-21(12-16(15)10-19(18)20(22)25-4)26(23,24)17-7-5-14(3)6-8-17/h5-8,10,15H,1,9,11-12H2,2-4H3/t15-/m1/s1. The summed E-state index contributed by atoms with van der Waals surface area (Å²) in [6.07, 6.45) is 2.39. The van der Waals surface area contributed by atoms with Crippen molar-refractivity contribution in [3.8, 4) is 0 Å². The van der Waals surface area contributed by atoms with Gasteiger partial charge in [-0.1, -0.05) is 29.8 Å². The highest BCUT2D eigenvalue weighted by Crippen LogP contribution is 2.39. The largest absolute Gasteiger partial charge is 0.465 e. The van der Waals surface area contributed by atoms with Gasteiger partial charge in [0, 0.05) is 13.1 Å². The van der Waals surface area contributed by atoms with Gasteiger partial charge in [-0.2, -0.15) is 4.31 Å². The fourth-order valence-electron chi connectivity index (χ4n) is 3.49. The Hall–Kier alpha value is -2.18. The summed E-state index contributed by atoms with van der Waals surface area (Å²) >= 11 is 0. The second-order valence-corrected chi connectivity index (χ2v) is 8.83. The van der Waals surface area contributed by atoms with E-state index in [0.29, 0.717) is 30.0 Å². The van der Waals surface area contributed by atoms with Gasteiger partial charge in [0.15, 0.2) is 0 Å². The number of aryl methyl sites for hydroxylation is 1. The van der Waals surface area contributed by atoms with Gasteiger partial charge < -0.3 is 4.74 Å². The Morgan fingerprint density at radius 1 is 1.27 bits per heavy atom. The van der Waals surface area contributed by atoms with Crippen LogP contribution in [0.2, 0.25) is 0 Å². The number of esters is 1. The molecule has 1 heterocycles. The number of methoxy groups -OCH3 is 1. The van der Waals surface area contributed by atoms with E-state index in [1.54, 1.807) is 30.3 Å². The maximum Gasteiger partial charge on any atom is 0.338 e. The van der Waals surface area contributed by atoms with Crippen LogP contribution in [0.4, 0.5) is 0 Å². The number of sulfonamides is 1. The van der Waals surface area contributed by atoms with Gasteiger partial charge in [0.25, 0.3) is 0 Å². The molecule has 2 aliphatic rings. The summed E-state index contributed by atoms with van der Waals surface area (Å²) in [6, 6.07) is 6.87. The summed E-state index contributed by atoms with van der Waals surface area (Å²) in [5.41, 5.74) is 4.10. The van der Waals surface area contributed by atoms with Crippen LogP contribution in [0.15, 0.2) is 64.1 Å². The third kappa shape index (κ3) is 3.27. The minimum atomic E-state index is -3.56. The molecule has 1 saturated heterocycles. The molecule has 0 spiro atoms. The predicted molar refractivity (Wildman–Crippen MR) is 100.0 cm³/mol. The van der Waals surface area contributed by atoms with Crippen molar-refractivity contribution in [3.63, 3.8) is 0 Å². The van der Waals surface area contributed by atoms with Gasteiger partial charge in [0.05, 0.1) is 17.6 Å². The van der Waals surface area contributed by atoms with Crippen LogP contribution in [0.3, 0.4) is 0 Å². The first-order valence-electron chi connectivity index (χ1n) is 8.48. The summed E-state index contributed by atoms with van der Waals surface area (Å²) in [5, 5.41) is 0. The van der Waals surface area contributed by atoms with E-state index >= 15 is 0 Å². The lowest BCUT2D eigenvalue weighted by molar-refractivity contribution is -0.135. The molecule has 0 saturated carbocycles. The van der Waals surface area contributed by atoms with Gasteiger partial charge in [0.2, 0.25) is 10.0 Å². The smallest absolute Gasteiger partial charge is 0.338 e. The molecule has 0 amide bonds. The molecule has 1 atom stereocenters. The number of allylic oxidation sites excluding steroid dienone is 2. The van der Waals surface area contributed by atoms with Crippen molar-refractivity contribution in [2.45, 2.75) is 25.2 Å². The third-order valence-corrected chi connectivity index (χ3v) is 6.82. The summed E-state index contributed by atoms with van der Waals surface area (Å²) in [7, 11) is -2.21. The maximum absolute atomic E-state index is 13.0. The van der Waals surface area contributed by atoms with Crippen LogP contribution in [-0.4, -0.2) is 38.9 Å². The number of rotatable bonds is 4. The molecule has 3 rings (SSSR count). The molecule has 1 aliphatic heterocycles. The fourth-order valence-corrected chi connectivity index (χ4v) is 4.96. The minimum absolute atomic E-state index is 0.0651. The van der Waals surface area contributed by atoms with Crippen LogP contribution in [0, 0.1) is 12.8 Å². The lowest BCUT2D eigenvalue weighted by atomic mass is 9.83. The summed E-state index contributed by atoms with van der Waals surface area (Å²) in [4.78, 5) is 12.4. The molecule has 5 nitrogen and oxygen atoms in total. The first-order valence-corrected chi connectivity index (χ1v) is 9.92. The molecule has 1 aliphatic carbocycles. The topological polar surface area (TPSA) is 63.7 Å². The van der Waals surface area contributed by atoms with Gasteiger partial charge in [0.1, 0.15) is 0 Å². The van der Waals surface area contributed by atoms with E-state index < -0.39 is 16.0 Å². The van der Waals surface area contributed by atoms with Crippen LogP contribution in [0.1, 0.15) is 18.9 Å². The van der Waals surface area contributed by atoms with Crippen LogP contribution in [0.25, 0.3) is 0 Å². The van der Waals surface area contributed by atoms with E-state index in [1.807, 2.05) is 13.8 Å². The Morgan fingerprint density at radius 3 is 2.50 bits per heavy atom. The highest BCUT2D eigenvalue weighted by Gasteiger charge is 2.39. The van der Waals surface area contributed by atoms with Crippen LogP contribution in [0.5, 0.6) is 0 Å². The molecule has 26 heavy (non-hydrogen) atoms. The number of carbonyl (C=O) groups excluding carboxylic acids is 1. The molecule has 0 radical (unpaired) electrons. The zero-order chi connectivity index (χ0) is 19.1. The zero-order valence-corrected chi connectivity index (χ0v) is 16.1. The SMILES string of the molecule is C=C(C)C1=C(C(=O)OC)C=C2CN(S(=O)(=O)c3ccc(C)cc3)C[C@H]2C1. The highest BCUT2D eigenvalue weighted by atomic mass is 32.2. The third-order valence-electron chi connectivity index (χ3n) is 4.99. The van der Waals surface area contributed by atoms with Crippen LogP contribution >= 0.6 is 0 Å². The van der Waals surface area contributed by atoms with E-state index in [2.05, 4.69) is 6.58 Å². The number of fused-ring (bicyclic) bond motifs is 1. The fraction of sp³-hybridized carbons (Fsp3) is 0.350. The molecule has 1 fully saturated rings. The van der Waals surface area contributed by atoms with Gasteiger partial charge in [-0.05, 0) is 55.5 Å². The van der Waals surface area contributed by atoms with Crippen LogP contribution in [-0.2, 0) is 19.6 Å². The van der Waals surface area contributed by atoms with Crippen LogP contribution < -0.4 is 0 Å². The van der Waals surface area contributed by atoms with E-state index in [9.17, 15) is 13.2 Å². The predicted octanol–water partition coefficient (Wildman–Crippen LogP) is 2.99. The van der Waals surface area contributed by atoms with Crippen molar-refractivity contribution in [2.75, 3.05) is 20.2 Å². The lowest BCUT2D eigenvalue weighted by Gasteiger charge is -2.22. The summed E-state index contributed by atoms with van der Waals surface area (Å²) < 4.78 is 32.3. The average Bonchev–Trinajstić information content (AvgIpc) is 3.04. The normalized spacial score (nSPS) is 20.6. The van der Waals surface area contributed by atoms with E-state index in [-0.39, 0.29) is 5.92 Å². The van der Waals surface area contributed by atoms with Crippen molar-refractivity contribution in [2.24, 2.45) is 5.92 Å². The minimum Gasteiger partial charge on any atom is -0.465 e. The molecular formula is C20H23NO4S. The second kappa shape index (κ2) is 6.85. The monoisotopic (exact) mass is 373 g/mol. The number of nitrogens with zero attached hydrogens (tertiary/aromatic N) is 1. The molecule has 138 valence electrons. The first-order chi connectivity index (χ1) is 12.2. The Labute approximate surface area is 154 Å². The van der Waals surface area contributed by atoms with Crippen molar-refractivity contribution in [1.82, 2.24) is 4.31 Å². The van der Waals surface area contributed by atoms with Gasteiger partial charge >= 0.3 is 5.97 Å². The van der Waals surface area contributed by atoms with Crippen molar-refractivity contribution >= 4 is 16.0 Å². The summed E-state index contributed by atoms with van der Waals surface area (Å²) in [5.74, 6) is -0.343. The zero-order valence-electron chi connectivity index (χ0n) is 15.3. The Morgan fingerprint density at radius 2 is 1.92 bits per heavy atom. The molecule has 0 unspecified atom stereocenters. The molecule has 6 heteroatoms. The van der Waals surface area contributed by atoms with Crippen molar-refractivity contribution in [3.05, 3.63) is 64.8 Å². The van der Waals surface area contributed by atoms with E-state index in [1.165, 1.54) is 11.4 Å². The number of benzene rings is 1. The van der Waals surface area contributed by atoms with E-state index in [4.69, 9.17) is 4.74 Å². The molecule has 1 aromatic carbocycles. The summed E-state index contributed by atoms with van der Waals surface area (Å²) in [6.45, 7) is 8.44. The maximum atomic E-state index is 13.0. The van der Waals surface area contributed by atoms with Crippen molar-refractivity contribution in [1.29, 1.82) is 0 Å². The molecule has 0 N–H and O–H groups in total. The Bertz CT molecular complexity index is 923. The first kappa shape index (κ1) is 18.6.